The summed E-state index contributed by atoms with van der Waals surface area (Å²) in [6.07, 6.45) is 0.883. The van der Waals surface area contributed by atoms with Crippen LogP contribution in [-0.4, -0.2) is 19.1 Å². The summed E-state index contributed by atoms with van der Waals surface area (Å²) in [5.74, 6) is 0.263. The lowest BCUT2D eigenvalue weighted by atomic mass is 9.76. The molecule has 2 heterocycles. The molecular weight excluding hydrogens is 234 g/mol. The van der Waals surface area contributed by atoms with Crippen molar-refractivity contribution in [3.05, 3.63) is 22.4 Å². The van der Waals surface area contributed by atoms with Crippen molar-refractivity contribution in [3.8, 4) is 0 Å². The van der Waals surface area contributed by atoms with Crippen LogP contribution in [0.15, 0.2) is 17.5 Å². The molecule has 1 saturated heterocycles. The molecule has 1 unspecified atom stereocenters. The molecule has 1 aliphatic rings. The van der Waals surface area contributed by atoms with E-state index in [0.29, 0.717) is 12.5 Å². The van der Waals surface area contributed by atoms with Crippen LogP contribution in [-0.2, 0) is 16.1 Å². The lowest BCUT2D eigenvalue weighted by Crippen LogP contribution is -2.39. The van der Waals surface area contributed by atoms with Crippen LogP contribution in [0.2, 0.25) is 0 Å². The zero-order chi connectivity index (χ0) is 12.3. The first kappa shape index (κ1) is 12.6. The fourth-order valence-corrected chi connectivity index (χ4v) is 2.91. The Morgan fingerprint density at radius 3 is 3.00 bits per heavy atom. The van der Waals surface area contributed by atoms with Gasteiger partial charge in [0, 0.05) is 11.4 Å². The molecule has 0 aromatic carbocycles. The molecule has 0 spiro atoms. The number of rotatable bonds is 4. The first-order valence-corrected chi connectivity index (χ1v) is 6.93. The zero-order valence-corrected chi connectivity index (χ0v) is 11.2. The summed E-state index contributed by atoms with van der Waals surface area (Å²) in [6, 6.07) is 3.97. The van der Waals surface area contributed by atoms with Crippen LogP contribution in [0.5, 0.6) is 0 Å². The standard InChI is InChI=1S/C13H19NO2S/c1-10(2)13(5-6-14-9-13)12(15)16-8-11-4-3-7-17-11/h3-4,7,10,14H,5-6,8-9H2,1-2H3. The van der Waals surface area contributed by atoms with Crippen LogP contribution in [0.1, 0.15) is 25.1 Å². The van der Waals surface area contributed by atoms with Crippen molar-refractivity contribution < 1.29 is 9.53 Å². The Labute approximate surface area is 106 Å². The third kappa shape index (κ3) is 2.53. The molecule has 2 rings (SSSR count). The smallest absolute Gasteiger partial charge is 0.314 e. The maximum absolute atomic E-state index is 12.2. The summed E-state index contributed by atoms with van der Waals surface area (Å²) in [5.41, 5.74) is -0.322. The number of thiophene rings is 1. The first-order chi connectivity index (χ1) is 8.15. The van der Waals surface area contributed by atoms with E-state index in [-0.39, 0.29) is 11.4 Å². The van der Waals surface area contributed by atoms with Gasteiger partial charge in [0.15, 0.2) is 0 Å². The van der Waals surface area contributed by atoms with Crippen LogP contribution in [0, 0.1) is 11.3 Å². The van der Waals surface area contributed by atoms with Gasteiger partial charge in [-0.1, -0.05) is 19.9 Å². The van der Waals surface area contributed by atoms with Gasteiger partial charge in [0.05, 0.1) is 5.41 Å². The van der Waals surface area contributed by atoms with Gasteiger partial charge in [0.25, 0.3) is 0 Å². The Bertz CT molecular complexity index is 367. The van der Waals surface area contributed by atoms with Crippen molar-refractivity contribution in [2.45, 2.75) is 26.9 Å². The minimum atomic E-state index is -0.322. The number of hydrogen-bond acceptors (Lipinski definition) is 4. The first-order valence-electron chi connectivity index (χ1n) is 6.05. The number of hydrogen-bond donors (Lipinski definition) is 1. The zero-order valence-electron chi connectivity index (χ0n) is 10.4. The number of esters is 1. The molecule has 94 valence electrons. The number of carbonyl (C=O) groups excluding carboxylic acids is 1. The number of ether oxygens (including phenoxy) is 1. The van der Waals surface area contributed by atoms with Crippen LogP contribution < -0.4 is 5.32 Å². The van der Waals surface area contributed by atoms with Crippen LogP contribution in [0.3, 0.4) is 0 Å². The molecule has 4 heteroatoms. The van der Waals surface area contributed by atoms with Crippen molar-refractivity contribution in [3.63, 3.8) is 0 Å². The second kappa shape index (κ2) is 5.19. The fourth-order valence-electron chi connectivity index (χ4n) is 2.29. The monoisotopic (exact) mass is 253 g/mol. The third-order valence-electron chi connectivity index (χ3n) is 3.63. The molecule has 1 aromatic rings. The van der Waals surface area contributed by atoms with Gasteiger partial charge in [0.2, 0.25) is 0 Å². The van der Waals surface area contributed by atoms with Crippen LogP contribution >= 0.6 is 11.3 Å². The van der Waals surface area contributed by atoms with E-state index < -0.39 is 0 Å². The Morgan fingerprint density at radius 1 is 1.65 bits per heavy atom. The van der Waals surface area contributed by atoms with Crippen LogP contribution in [0.25, 0.3) is 0 Å². The molecule has 0 saturated carbocycles. The highest BCUT2D eigenvalue weighted by Crippen LogP contribution is 2.35. The van der Waals surface area contributed by atoms with Gasteiger partial charge in [-0.3, -0.25) is 4.79 Å². The SMILES string of the molecule is CC(C)C1(C(=O)OCc2cccs2)CCNC1. The fraction of sp³-hybridized carbons (Fsp3) is 0.615. The van der Waals surface area contributed by atoms with Crippen molar-refractivity contribution in [2.75, 3.05) is 13.1 Å². The summed E-state index contributed by atoms with van der Waals surface area (Å²) >= 11 is 1.62. The minimum Gasteiger partial charge on any atom is -0.459 e. The van der Waals surface area contributed by atoms with E-state index in [0.717, 1.165) is 24.4 Å². The van der Waals surface area contributed by atoms with E-state index in [1.165, 1.54) is 0 Å². The molecule has 1 atom stereocenters. The molecule has 0 amide bonds. The normalized spacial score (nSPS) is 24.2. The largest absolute Gasteiger partial charge is 0.459 e. The second-order valence-corrected chi connectivity index (χ2v) is 5.93. The maximum Gasteiger partial charge on any atom is 0.314 e. The summed E-state index contributed by atoms with van der Waals surface area (Å²) in [5, 5.41) is 5.27. The average molecular weight is 253 g/mol. The van der Waals surface area contributed by atoms with Crippen molar-refractivity contribution in [1.82, 2.24) is 5.32 Å². The van der Waals surface area contributed by atoms with E-state index >= 15 is 0 Å². The predicted octanol–water partition coefficient (Wildman–Crippen LogP) is 2.43. The van der Waals surface area contributed by atoms with Crippen molar-refractivity contribution >= 4 is 17.3 Å². The summed E-state index contributed by atoms with van der Waals surface area (Å²) in [7, 11) is 0. The summed E-state index contributed by atoms with van der Waals surface area (Å²) in [6.45, 7) is 6.25. The molecule has 0 bridgehead atoms. The Hall–Kier alpha value is -0.870. The number of carbonyl (C=O) groups is 1. The van der Waals surface area contributed by atoms with Gasteiger partial charge in [-0.15, -0.1) is 11.3 Å². The molecular formula is C13H19NO2S. The molecule has 17 heavy (non-hydrogen) atoms. The Morgan fingerprint density at radius 2 is 2.47 bits per heavy atom. The van der Waals surface area contributed by atoms with Gasteiger partial charge in [-0.2, -0.15) is 0 Å². The van der Waals surface area contributed by atoms with E-state index in [4.69, 9.17) is 4.74 Å². The Balaban J connectivity index is 1.98. The quantitative estimate of drug-likeness (QED) is 0.838. The van der Waals surface area contributed by atoms with Gasteiger partial charge < -0.3 is 10.1 Å². The topological polar surface area (TPSA) is 38.3 Å². The average Bonchev–Trinajstić information content (AvgIpc) is 2.97. The van der Waals surface area contributed by atoms with E-state index in [1.807, 2.05) is 17.5 Å². The molecule has 0 radical (unpaired) electrons. The maximum atomic E-state index is 12.2. The second-order valence-electron chi connectivity index (χ2n) is 4.89. The molecule has 1 N–H and O–H groups in total. The van der Waals surface area contributed by atoms with Crippen LogP contribution in [0.4, 0.5) is 0 Å². The summed E-state index contributed by atoms with van der Waals surface area (Å²) < 4.78 is 5.47. The van der Waals surface area contributed by atoms with Gasteiger partial charge in [0.1, 0.15) is 6.61 Å². The lowest BCUT2D eigenvalue weighted by Gasteiger charge is -2.29. The Kier molecular flexibility index (Phi) is 3.84. The summed E-state index contributed by atoms with van der Waals surface area (Å²) in [4.78, 5) is 13.3. The van der Waals surface area contributed by atoms with E-state index in [9.17, 15) is 4.79 Å². The third-order valence-corrected chi connectivity index (χ3v) is 4.48. The predicted molar refractivity (Wildman–Crippen MR) is 68.9 cm³/mol. The van der Waals surface area contributed by atoms with Crippen molar-refractivity contribution in [1.29, 1.82) is 0 Å². The highest BCUT2D eigenvalue weighted by atomic mass is 32.1. The highest BCUT2D eigenvalue weighted by molar-refractivity contribution is 7.09. The van der Waals surface area contributed by atoms with E-state index in [2.05, 4.69) is 19.2 Å². The van der Waals surface area contributed by atoms with Crippen molar-refractivity contribution in [2.24, 2.45) is 11.3 Å². The van der Waals surface area contributed by atoms with Gasteiger partial charge >= 0.3 is 5.97 Å². The highest BCUT2D eigenvalue weighted by Gasteiger charge is 2.45. The molecule has 1 aliphatic heterocycles. The minimum absolute atomic E-state index is 0.0501. The van der Waals surface area contributed by atoms with Gasteiger partial charge in [-0.25, -0.2) is 0 Å². The molecule has 1 aromatic heterocycles. The molecule has 3 nitrogen and oxygen atoms in total. The lowest BCUT2D eigenvalue weighted by molar-refractivity contribution is -0.158. The van der Waals surface area contributed by atoms with Gasteiger partial charge in [-0.05, 0) is 30.3 Å². The number of nitrogens with one attached hydrogen (secondary N) is 1. The molecule has 0 aliphatic carbocycles. The molecule has 1 fully saturated rings. The van der Waals surface area contributed by atoms with E-state index in [1.54, 1.807) is 11.3 Å².